The van der Waals surface area contributed by atoms with Crippen LogP contribution in [0.25, 0.3) is 12.2 Å². The van der Waals surface area contributed by atoms with Crippen LogP contribution in [0.2, 0.25) is 0 Å². The van der Waals surface area contributed by atoms with Crippen molar-refractivity contribution in [3.8, 4) is 0 Å². The maximum atomic E-state index is 4.52. The molecule has 0 N–H and O–H groups in total. The van der Waals surface area contributed by atoms with Crippen LogP contribution in [0.3, 0.4) is 0 Å². The summed E-state index contributed by atoms with van der Waals surface area (Å²) in [4.78, 5) is 6.84. The van der Waals surface area contributed by atoms with Crippen LogP contribution in [0, 0.1) is 0 Å². The summed E-state index contributed by atoms with van der Waals surface area (Å²) in [6, 6.07) is 23.0. The Morgan fingerprint density at radius 2 is 1.64 bits per heavy atom. The fourth-order valence-corrected chi connectivity index (χ4v) is 3.25. The molecule has 122 valence electrons. The molecule has 1 aliphatic rings. The van der Waals surface area contributed by atoms with Gasteiger partial charge in [-0.25, -0.2) is 4.98 Å². The quantitative estimate of drug-likeness (QED) is 0.589. The average molecular weight is 324 g/mol. The fraction of sp³-hybridized carbons (Fsp3) is 0.0870. The van der Waals surface area contributed by atoms with Gasteiger partial charge in [0.05, 0.1) is 5.69 Å². The van der Waals surface area contributed by atoms with Gasteiger partial charge in [0.15, 0.2) is 0 Å². The van der Waals surface area contributed by atoms with Crippen LogP contribution in [0.1, 0.15) is 16.7 Å². The molecule has 0 fully saturated rings. The van der Waals surface area contributed by atoms with E-state index in [9.17, 15) is 0 Å². The third-order valence-corrected chi connectivity index (χ3v) is 4.43. The van der Waals surface area contributed by atoms with Crippen LogP contribution in [0.4, 0.5) is 11.5 Å². The molecule has 0 saturated heterocycles. The summed E-state index contributed by atoms with van der Waals surface area (Å²) in [5, 5.41) is 0. The number of aromatic nitrogens is 1. The summed E-state index contributed by atoms with van der Waals surface area (Å²) in [7, 11) is 0. The van der Waals surface area contributed by atoms with E-state index in [2.05, 4.69) is 82.7 Å². The van der Waals surface area contributed by atoms with Gasteiger partial charge >= 0.3 is 0 Å². The van der Waals surface area contributed by atoms with Gasteiger partial charge in [0.25, 0.3) is 0 Å². The molecule has 0 unspecified atom stereocenters. The van der Waals surface area contributed by atoms with Crippen molar-refractivity contribution in [2.24, 2.45) is 0 Å². The molecule has 25 heavy (non-hydrogen) atoms. The Balaban J connectivity index is 1.61. The molecule has 0 bridgehead atoms. The molecule has 1 aliphatic heterocycles. The molecule has 2 heterocycles. The number of para-hydroxylation sites is 1. The lowest BCUT2D eigenvalue weighted by Gasteiger charge is -2.20. The Kier molecular flexibility index (Phi) is 4.42. The first-order valence-electron chi connectivity index (χ1n) is 8.62. The highest BCUT2D eigenvalue weighted by atomic mass is 15.2. The molecule has 0 atom stereocenters. The Bertz CT molecular complexity index is 896. The van der Waals surface area contributed by atoms with E-state index in [1.54, 1.807) is 0 Å². The first-order valence-corrected chi connectivity index (χ1v) is 8.62. The standard InChI is InChI=1S/C23H20N2/c1-2-9-19(10-3-1)11-4-5-12-20-13-8-14-21-16-18-25(23(20)21)22-15-6-7-17-24-22/h1-15,17H,16,18H2/b11-4+,12-5+. The molecular weight excluding hydrogens is 304 g/mol. The first-order chi connectivity index (χ1) is 12.4. The minimum absolute atomic E-state index is 0.983. The molecule has 2 aromatic carbocycles. The van der Waals surface area contributed by atoms with Gasteiger partial charge < -0.3 is 4.90 Å². The van der Waals surface area contributed by atoms with Crippen LogP contribution in [0.5, 0.6) is 0 Å². The molecule has 0 spiro atoms. The van der Waals surface area contributed by atoms with E-state index in [1.807, 2.05) is 24.4 Å². The van der Waals surface area contributed by atoms with E-state index in [0.29, 0.717) is 0 Å². The molecule has 2 nitrogen and oxygen atoms in total. The molecule has 0 aliphatic carbocycles. The molecule has 2 heteroatoms. The summed E-state index contributed by atoms with van der Waals surface area (Å²) in [5.41, 5.74) is 5.12. The maximum Gasteiger partial charge on any atom is 0.132 e. The van der Waals surface area contributed by atoms with E-state index in [1.165, 1.54) is 22.4 Å². The number of nitrogens with zero attached hydrogens (tertiary/aromatic N) is 2. The Hall–Kier alpha value is -3.13. The molecule has 1 aromatic heterocycles. The molecule has 0 radical (unpaired) electrons. The van der Waals surface area contributed by atoms with Gasteiger partial charge in [-0.05, 0) is 35.2 Å². The Labute approximate surface area is 148 Å². The van der Waals surface area contributed by atoms with Crippen LogP contribution in [-0.2, 0) is 6.42 Å². The van der Waals surface area contributed by atoms with Gasteiger partial charge in [-0.1, -0.05) is 78.9 Å². The number of hydrogen-bond donors (Lipinski definition) is 0. The van der Waals surface area contributed by atoms with E-state index in [-0.39, 0.29) is 0 Å². The zero-order valence-corrected chi connectivity index (χ0v) is 14.0. The van der Waals surface area contributed by atoms with Gasteiger partial charge in [-0.2, -0.15) is 0 Å². The van der Waals surface area contributed by atoms with Crippen LogP contribution in [-0.4, -0.2) is 11.5 Å². The van der Waals surface area contributed by atoms with Gasteiger partial charge in [0.2, 0.25) is 0 Å². The second-order valence-electron chi connectivity index (χ2n) is 6.07. The first kappa shape index (κ1) is 15.4. The Morgan fingerprint density at radius 3 is 2.48 bits per heavy atom. The maximum absolute atomic E-state index is 4.52. The average Bonchev–Trinajstić information content (AvgIpc) is 3.12. The summed E-state index contributed by atoms with van der Waals surface area (Å²) in [6.07, 6.45) is 11.4. The molecule has 3 aromatic rings. The monoisotopic (exact) mass is 324 g/mol. The summed E-state index contributed by atoms with van der Waals surface area (Å²) in [5.74, 6) is 1.02. The highest BCUT2D eigenvalue weighted by Crippen LogP contribution is 2.37. The minimum Gasteiger partial charge on any atom is -0.325 e. The second kappa shape index (κ2) is 7.18. The zero-order valence-electron chi connectivity index (χ0n) is 14.0. The van der Waals surface area contributed by atoms with Crippen molar-refractivity contribution < 1.29 is 0 Å². The Morgan fingerprint density at radius 1 is 0.800 bits per heavy atom. The molecule has 0 amide bonds. The molecule has 0 saturated carbocycles. The number of rotatable bonds is 4. The van der Waals surface area contributed by atoms with E-state index >= 15 is 0 Å². The zero-order chi connectivity index (χ0) is 16.9. The van der Waals surface area contributed by atoms with Crippen molar-refractivity contribution >= 4 is 23.7 Å². The van der Waals surface area contributed by atoms with Gasteiger partial charge in [-0.3, -0.25) is 0 Å². The fourth-order valence-electron chi connectivity index (χ4n) is 3.25. The third-order valence-electron chi connectivity index (χ3n) is 4.43. The number of anilines is 2. The molecule has 4 rings (SSSR count). The SMILES string of the molecule is C(/C=C/c1cccc2c1N(c1ccccn1)CC2)=C\c1ccccc1. The summed E-state index contributed by atoms with van der Waals surface area (Å²) in [6.45, 7) is 0.983. The van der Waals surface area contributed by atoms with Gasteiger partial charge in [0, 0.05) is 12.7 Å². The summed E-state index contributed by atoms with van der Waals surface area (Å²) >= 11 is 0. The topological polar surface area (TPSA) is 16.1 Å². The third kappa shape index (κ3) is 3.38. The number of benzene rings is 2. The predicted molar refractivity (Wildman–Crippen MR) is 106 cm³/mol. The normalized spacial score (nSPS) is 13.7. The lowest BCUT2D eigenvalue weighted by molar-refractivity contribution is 0.974. The highest BCUT2D eigenvalue weighted by Gasteiger charge is 2.23. The smallest absolute Gasteiger partial charge is 0.132 e. The minimum atomic E-state index is 0.983. The van der Waals surface area contributed by atoms with Crippen molar-refractivity contribution in [1.82, 2.24) is 4.98 Å². The van der Waals surface area contributed by atoms with Gasteiger partial charge in [-0.15, -0.1) is 0 Å². The van der Waals surface area contributed by atoms with Crippen LogP contribution < -0.4 is 4.90 Å². The van der Waals surface area contributed by atoms with Crippen molar-refractivity contribution in [2.45, 2.75) is 6.42 Å². The number of allylic oxidation sites excluding steroid dienone is 2. The summed E-state index contributed by atoms with van der Waals surface area (Å²) < 4.78 is 0. The predicted octanol–water partition coefficient (Wildman–Crippen LogP) is 5.50. The van der Waals surface area contributed by atoms with Crippen LogP contribution in [0.15, 0.2) is 85.1 Å². The van der Waals surface area contributed by atoms with Crippen molar-refractivity contribution in [1.29, 1.82) is 0 Å². The molecular formula is C23H20N2. The number of fused-ring (bicyclic) bond motifs is 1. The largest absolute Gasteiger partial charge is 0.325 e. The lowest BCUT2D eigenvalue weighted by Crippen LogP contribution is -2.15. The number of hydrogen-bond acceptors (Lipinski definition) is 2. The van der Waals surface area contributed by atoms with Crippen molar-refractivity contribution in [2.75, 3.05) is 11.4 Å². The van der Waals surface area contributed by atoms with E-state index in [0.717, 1.165) is 18.8 Å². The van der Waals surface area contributed by atoms with Gasteiger partial charge in [0.1, 0.15) is 5.82 Å². The van der Waals surface area contributed by atoms with Crippen molar-refractivity contribution in [3.63, 3.8) is 0 Å². The van der Waals surface area contributed by atoms with Crippen LogP contribution >= 0.6 is 0 Å². The van der Waals surface area contributed by atoms with Crippen molar-refractivity contribution in [3.05, 3.63) is 102 Å². The highest BCUT2D eigenvalue weighted by molar-refractivity contribution is 5.78. The number of pyridine rings is 1. The second-order valence-corrected chi connectivity index (χ2v) is 6.07. The van der Waals surface area contributed by atoms with E-state index in [4.69, 9.17) is 0 Å². The lowest BCUT2D eigenvalue weighted by atomic mass is 10.1. The van der Waals surface area contributed by atoms with E-state index < -0.39 is 0 Å².